The van der Waals surface area contributed by atoms with Crippen molar-refractivity contribution in [2.75, 3.05) is 30.5 Å². The van der Waals surface area contributed by atoms with E-state index >= 15 is 0 Å². The second-order valence-corrected chi connectivity index (χ2v) is 7.33. The van der Waals surface area contributed by atoms with Gasteiger partial charge >= 0.3 is 5.69 Å². The Balaban J connectivity index is 1.72. The van der Waals surface area contributed by atoms with Gasteiger partial charge in [0.05, 0.1) is 31.1 Å². The Kier molecular flexibility index (Phi) is 4.84. The molecule has 3 aromatic rings. The molecule has 1 atom stereocenters. The van der Waals surface area contributed by atoms with E-state index in [2.05, 4.69) is 15.4 Å². The molecule has 0 amide bonds. The smallest absolute Gasteiger partial charge is 0.332 e. The molecule has 0 fully saturated rings. The SMILES string of the molecule is COc1ccccc1NCCN1N=C(C)C(C)n2c1nc1c2c(=O)n(C)c(=O)n1C. The van der Waals surface area contributed by atoms with E-state index in [0.29, 0.717) is 30.2 Å². The summed E-state index contributed by atoms with van der Waals surface area (Å²) >= 11 is 0. The summed E-state index contributed by atoms with van der Waals surface area (Å²) in [6.45, 7) is 4.98. The number of fused-ring (bicyclic) bond motifs is 3. The van der Waals surface area contributed by atoms with Crippen LogP contribution >= 0.6 is 0 Å². The Labute approximate surface area is 173 Å². The quantitative estimate of drug-likeness (QED) is 0.680. The number of ether oxygens (including phenoxy) is 1. The number of nitrogens with one attached hydrogen (secondary N) is 1. The normalized spacial score (nSPS) is 15.8. The summed E-state index contributed by atoms with van der Waals surface area (Å²) in [7, 11) is 4.73. The summed E-state index contributed by atoms with van der Waals surface area (Å²) in [4.78, 5) is 29.8. The first-order valence-electron chi connectivity index (χ1n) is 9.72. The van der Waals surface area contributed by atoms with Crippen molar-refractivity contribution in [3.05, 3.63) is 45.1 Å². The van der Waals surface area contributed by atoms with Gasteiger partial charge < -0.3 is 10.1 Å². The lowest BCUT2D eigenvalue weighted by Gasteiger charge is -2.29. The Morgan fingerprint density at radius 2 is 1.90 bits per heavy atom. The summed E-state index contributed by atoms with van der Waals surface area (Å²) in [6.07, 6.45) is 0. The zero-order valence-corrected chi connectivity index (χ0v) is 17.7. The van der Waals surface area contributed by atoms with Crippen LogP contribution in [0.15, 0.2) is 39.0 Å². The standard InChI is InChI=1S/C20H25N7O3/c1-12-13(2)27-16-17(24(3)20(29)25(4)18(16)28)22-19(27)26(23-12)11-10-21-14-8-6-7-9-15(14)30-5/h6-9,13,21H,10-11H2,1-5H3. The first-order chi connectivity index (χ1) is 14.3. The van der Waals surface area contributed by atoms with Gasteiger partial charge in [-0.15, -0.1) is 0 Å². The summed E-state index contributed by atoms with van der Waals surface area (Å²) in [6, 6.07) is 7.54. The van der Waals surface area contributed by atoms with E-state index < -0.39 is 5.69 Å². The van der Waals surface area contributed by atoms with Crippen molar-refractivity contribution >= 4 is 28.5 Å². The number of hydrogen-bond acceptors (Lipinski definition) is 7. The van der Waals surface area contributed by atoms with E-state index in [1.165, 1.54) is 11.6 Å². The average Bonchev–Trinajstić information content (AvgIpc) is 3.15. The van der Waals surface area contributed by atoms with Gasteiger partial charge in [0, 0.05) is 20.6 Å². The van der Waals surface area contributed by atoms with Crippen LogP contribution in [0.5, 0.6) is 5.75 Å². The van der Waals surface area contributed by atoms with Gasteiger partial charge in [-0.3, -0.25) is 18.5 Å². The molecule has 0 saturated carbocycles. The Morgan fingerprint density at radius 1 is 1.17 bits per heavy atom. The number of hydrogen-bond donors (Lipinski definition) is 1. The maximum Gasteiger partial charge on any atom is 0.332 e. The maximum absolute atomic E-state index is 12.9. The maximum atomic E-state index is 12.9. The minimum Gasteiger partial charge on any atom is -0.495 e. The molecule has 4 rings (SSSR count). The number of rotatable bonds is 5. The molecule has 1 aliphatic heterocycles. The van der Waals surface area contributed by atoms with E-state index in [9.17, 15) is 9.59 Å². The molecule has 1 N–H and O–H groups in total. The molecule has 1 aromatic carbocycles. The molecule has 158 valence electrons. The molecule has 10 heteroatoms. The van der Waals surface area contributed by atoms with E-state index in [4.69, 9.17) is 4.74 Å². The Hall–Kier alpha value is -3.56. The molecule has 0 radical (unpaired) electrons. The van der Waals surface area contributed by atoms with Crippen molar-refractivity contribution in [2.45, 2.75) is 19.9 Å². The summed E-state index contributed by atoms with van der Waals surface area (Å²) < 4.78 is 9.75. The zero-order valence-electron chi connectivity index (χ0n) is 17.7. The highest BCUT2D eigenvalue weighted by molar-refractivity contribution is 5.91. The number of methoxy groups -OCH3 is 1. The van der Waals surface area contributed by atoms with Gasteiger partial charge in [-0.05, 0) is 26.0 Å². The molecule has 2 aromatic heterocycles. The van der Waals surface area contributed by atoms with Crippen LogP contribution < -0.4 is 26.3 Å². The first kappa shape index (κ1) is 19.7. The molecule has 3 heterocycles. The molecule has 1 unspecified atom stereocenters. The second-order valence-electron chi connectivity index (χ2n) is 7.33. The molecule has 0 spiro atoms. The van der Waals surface area contributed by atoms with Crippen LogP contribution in [-0.4, -0.2) is 44.6 Å². The third-order valence-corrected chi connectivity index (χ3v) is 5.52. The molecule has 30 heavy (non-hydrogen) atoms. The second kappa shape index (κ2) is 7.36. The number of hydrazone groups is 1. The van der Waals surface area contributed by atoms with Gasteiger partial charge in [-0.1, -0.05) is 12.1 Å². The van der Waals surface area contributed by atoms with Crippen molar-refractivity contribution < 1.29 is 4.74 Å². The van der Waals surface area contributed by atoms with Crippen LogP contribution in [0.3, 0.4) is 0 Å². The first-order valence-corrected chi connectivity index (χ1v) is 9.72. The highest BCUT2D eigenvalue weighted by atomic mass is 16.5. The summed E-state index contributed by atoms with van der Waals surface area (Å²) in [5.74, 6) is 1.30. The van der Waals surface area contributed by atoms with Gasteiger partial charge in [0.15, 0.2) is 11.2 Å². The topological polar surface area (TPSA) is 98.7 Å². The Morgan fingerprint density at radius 3 is 2.63 bits per heavy atom. The molecule has 0 bridgehead atoms. The average molecular weight is 411 g/mol. The van der Waals surface area contributed by atoms with Crippen LogP contribution in [0.25, 0.3) is 11.2 Å². The monoisotopic (exact) mass is 411 g/mol. The van der Waals surface area contributed by atoms with E-state index in [1.54, 1.807) is 19.2 Å². The summed E-state index contributed by atoms with van der Waals surface area (Å²) in [5.41, 5.74) is 1.74. The van der Waals surface area contributed by atoms with Gasteiger partial charge in [0.1, 0.15) is 5.75 Å². The minimum atomic E-state index is -0.405. The molecular formula is C20H25N7O3. The third-order valence-electron chi connectivity index (χ3n) is 5.52. The number of imidazole rings is 1. The number of nitrogens with zero attached hydrogens (tertiary/aromatic N) is 6. The van der Waals surface area contributed by atoms with E-state index in [0.717, 1.165) is 21.7 Å². The molecule has 10 nitrogen and oxygen atoms in total. The van der Waals surface area contributed by atoms with Gasteiger partial charge in [0.2, 0.25) is 5.95 Å². The fraction of sp³-hybridized carbons (Fsp3) is 0.400. The number of aryl methyl sites for hydroxylation is 1. The minimum absolute atomic E-state index is 0.145. The number of benzene rings is 1. The fourth-order valence-electron chi connectivity index (χ4n) is 3.69. The van der Waals surface area contributed by atoms with Gasteiger partial charge in [-0.25, -0.2) is 9.80 Å². The molecule has 0 aliphatic carbocycles. The van der Waals surface area contributed by atoms with Crippen molar-refractivity contribution in [1.29, 1.82) is 0 Å². The molecule has 1 aliphatic rings. The van der Waals surface area contributed by atoms with Crippen LogP contribution in [0, 0.1) is 0 Å². The lowest BCUT2D eigenvalue weighted by Crippen LogP contribution is -2.39. The van der Waals surface area contributed by atoms with E-state index in [-0.39, 0.29) is 11.6 Å². The number of aromatic nitrogens is 4. The largest absolute Gasteiger partial charge is 0.495 e. The van der Waals surface area contributed by atoms with Crippen LogP contribution in [0.2, 0.25) is 0 Å². The highest BCUT2D eigenvalue weighted by Crippen LogP contribution is 2.29. The van der Waals surface area contributed by atoms with Gasteiger partial charge in [-0.2, -0.15) is 10.1 Å². The lowest BCUT2D eigenvalue weighted by atomic mass is 10.2. The zero-order chi connectivity index (χ0) is 21.6. The predicted octanol–water partition coefficient (Wildman–Crippen LogP) is 1.31. The molecule has 0 saturated heterocycles. The van der Waals surface area contributed by atoms with Crippen molar-refractivity contribution in [1.82, 2.24) is 18.7 Å². The fourth-order valence-corrected chi connectivity index (χ4v) is 3.69. The Bertz CT molecular complexity index is 1270. The van der Waals surface area contributed by atoms with Crippen LogP contribution in [0.1, 0.15) is 19.9 Å². The lowest BCUT2D eigenvalue weighted by molar-refractivity contribution is 0.416. The summed E-state index contributed by atoms with van der Waals surface area (Å²) in [5, 5.41) is 9.79. The van der Waals surface area contributed by atoms with Crippen LogP contribution in [-0.2, 0) is 14.1 Å². The third kappa shape index (κ3) is 2.95. The van der Waals surface area contributed by atoms with Crippen molar-refractivity contribution in [3.8, 4) is 5.75 Å². The highest BCUT2D eigenvalue weighted by Gasteiger charge is 2.30. The number of para-hydroxylation sites is 2. The molecular weight excluding hydrogens is 386 g/mol. The number of anilines is 2. The predicted molar refractivity (Wildman–Crippen MR) is 117 cm³/mol. The van der Waals surface area contributed by atoms with Gasteiger partial charge in [0.25, 0.3) is 5.56 Å². The van der Waals surface area contributed by atoms with Crippen LogP contribution in [0.4, 0.5) is 11.6 Å². The van der Waals surface area contributed by atoms with Crippen molar-refractivity contribution in [3.63, 3.8) is 0 Å². The van der Waals surface area contributed by atoms with Crippen molar-refractivity contribution in [2.24, 2.45) is 19.2 Å². The van der Waals surface area contributed by atoms with E-state index in [1.807, 2.05) is 42.7 Å².